The van der Waals surface area contributed by atoms with Gasteiger partial charge in [0.2, 0.25) is 0 Å². The van der Waals surface area contributed by atoms with Crippen LogP contribution in [0.25, 0.3) is 0 Å². The molecule has 0 aromatic heterocycles. The summed E-state index contributed by atoms with van der Waals surface area (Å²) in [6.45, 7) is 5.43. The van der Waals surface area contributed by atoms with E-state index in [-0.39, 0.29) is 0 Å². The topological polar surface area (TPSA) is 35.5 Å². The second kappa shape index (κ2) is 3.93. The van der Waals surface area contributed by atoms with Crippen molar-refractivity contribution in [2.24, 2.45) is 0 Å². The standard InChI is InChI=1S/C7H12O3/c1-5(2)6(3)10-7(8)9-4/h1-4H3. The highest BCUT2D eigenvalue weighted by atomic mass is 16.7. The van der Waals surface area contributed by atoms with Crippen LogP contribution in [-0.2, 0) is 9.47 Å². The molecule has 10 heavy (non-hydrogen) atoms. The van der Waals surface area contributed by atoms with Crippen molar-refractivity contribution in [3.63, 3.8) is 0 Å². The summed E-state index contributed by atoms with van der Waals surface area (Å²) in [6.07, 6.45) is -0.668. The summed E-state index contributed by atoms with van der Waals surface area (Å²) >= 11 is 0. The molecule has 3 nitrogen and oxygen atoms in total. The van der Waals surface area contributed by atoms with Crippen LogP contribution in [0.5, 0.6) is 0 Å². The summed E-state index contributed by atoms with van der Waals surface area (Å²) in [7, 11) is 1.28. The first-order valence-corrected chi connectivity index (χ1v) is 2.97. The largest absolute Gasteiger partial charge is 0.513 e. The van der Waals surface area contributed by atoms with Gasteiger partial charge in [-0.25, -0.2) is 4.79 Å². The normalized spacial score (nSPS) is 8.40. The average molecular weight is 144 g/mol. The molecule has 0 atom stereocenters. The molecule has 0 aliphatic heterocycles. The molecular formula is C7H12O3. The first-order chi connectivity index (χ1) is 4.57. The second-order valence-corrected chi connectivity index (χ2v) is 2.11. The lowest BCUT2D eigenvalue weighted by Crippen LogP contribution is -2.02. The third-order valence-electron chi connectivity index (χ3n) is 1.11. The fourth-order valence-corrected chi connectivity index (χ4v) is 0.269. The first kappa shape index (κ1) is 9.01. The Kier molecular flexibility index (Phi) is 3.54. The fraction of sp³-hybridized carbons (Fsp3) is 0.571. The van der Waals surface area contributed by atoms with E-state index in [1.54, 1.807) is 6.92 Å². The number of methoxy groups -OCH3 is 1. The van der Waals surface area contributed by atoms with Crippen LogP contribution in [0.4, 0.5) is 4.79 Å². The first-order valence-electron chi connectivity index (χ1n) is 2.97. The van der Waals surface area contributed by atoms with Crippen molar-refractivity contribution >= 4 is 6.16 Å². The van der Waals surface area contributed by atoms with E-state index in [0.717, 1.165) is 5.57 Å². The maximum absolute atomic E-state index is 10.4. The summed E-state index contributed by atoms with van der Waals surface area (Å²) in [5, 5.41) is 0. The van der Waals surface area contributed by atoms with Crippen LogP contribution >= 0.6 is 0 Å². The Morgan fingerprint density at radius 1 is 1.20 bits per heavy atom. The van der Waals surface area contributed by atoms with E-state index in [1.165, 1.54) is 7.11 Å². The van der Waals surface area contributed by atoms with Gasteiger partial charge in [-0.15, -0.1) is 0 Å². The van der Waals surface area contributed by atoms with Gasteiger partial charge in [0.05, 0.1) is 7.11 Å². The number of hydrogen-bond acceptors (Lipinski definition) is 3. The molecule has 0 bridgehead atoms. The van der Waals surface area contributed by atoms with Crippen molar-refractivity contribution in [2.45, 2.75) is 20.8 Å². The number of ether oxygens (including phenoxy) is 2. The lowest BCUT2D eigenvalue weighted by atomic mass is 10.3. The maximum atomic E-state index is 10.4. The highest BCUT2D eigenvalue weighted by Crippen LogP contribution is 2.03. The summed E-state index contributed by atoms with van der Waals surface area (Å²) in [4.78, 5) is 10.4. The predicted octanol–water partition coefficient (Wildman–Crippen LogP) is 2.08. The van der Waals surface area contributed by atoms with Gasteiger partial charge in [0.15, 0.2) is 0 Å². The highest BCUT2D eigenvalue weighted by Gasteiger charge is 2.01. The Labute approximate surface area is 60.6 Å². The fourth-order valence-electron chi connectivity index (χ4n) is 0.269. The minimum atomic E-state index is -0.668. The van der Waals surface area contributed by atoms with Crippen LogP contribution in [0.15, 0.2) is 11.3 Å². The Morgan fingerprint density at radius 2 is 1.70 bits per heavy atom. The molecule has 58 valence electrons. The molecule has 0 heterocycles. The van der Waals surface area contributed by atoms with Gasteiger partial charge in [0.25, 0.3) is 0 Å². The van der Waals surface area contributed by atoms with E-state index in [9.17, 15) is 4.79 Å². The molecule has 0 aliphatic rings. The van der Waals surface area contributed by atoms with Crippen LogP contribution in [0.3, 0.4) is 0 Å². The molecule has 0 spiro atoms. The molecule has 3 heteroatoms. The van der Waals surface area contributed by atoms with Crippen molar-refractivity contribution < 1.29 is 14.3 Å². The van der Waals surface area contributed by atoms with Gasteiger partial charge >= 0.3 is 6.16 Å². The van der Waals surface area contributed by atoms with Crippen LogP contribution in [0, 0.1) is 0 Å². The molecule has 0 amide bonds. The van der Waals surface area contributed by atoms with Crippen molar-refractivity contribution in [1.29, 1.82) is 0 Å². The smallest absolute Gasteiger partial charge is 0.437 e. The third kappa shape index (κ3) is 3.12. The van der Waals surface area contributed by atoms with Gasteiger partial charge < -0.3 is 9.47 Å². The molecule has 0 aromatic carbocycles. The summed E-state index contributed by atoms with van der Waals surface area (Å²) < 4.78 is 8.96. The van der Waals surface area contributed by atoms with E-state index >= 15 is 0 Å². The quantitative estimate of drug-likeness (QED) is 0.417. The Bertz CT molecular complexity index is 154. The zero-order chi connectivity index (χ0) is 8.15. The van der Waals surface area contributed by atoms with Crippen molar-refractivity contribution in [2.75, 3.05) is 7.11 Å². The van der Waals surface area contributed by atoms with Gasteiger partial charge in [-0.1, -0.05) is 0 Å². The highest BCUT2D eigenvalue weighted by molar-refractivity contribution is 5.61. The van der Waals surface area contributed by atoms with E-state index in [2.05, 4.69) is 9.47 Å². The third-order valence-corrected chi connectivity index (χ3v) is 1.11. The molecule has 0 fully saturated rings. The molecule has 0 aromatic rings. The molecule has 0 N–H and O–H groups in total. The molecule has 0 saturated carbocycles. The lowest BCUT2D eigenvalue weighted by Gasteiger charge is -2.02. The monoisotopic (exact) mass is 144 g/mol. The van der Waals surface area contributed by atoms with Crippen LogP contribution in [0.1, 0.15) is 20.8 Å². The van der Waals surface area contributed by atoms with Gasteiger partial charge in [0, 0.05) is 0 Å². The summed E-state index contributed by atoms with van der Waals surface area (Å²) in [5.41, 5.74) is 0.963. The van der Waals surface area contributed by atoms with Crippen molar-refractivity contribution in [3.05, 3.63) is 11.3 Å². The van der Waals surface area contributed by atoms with Crippen LogP contribution in [0.2, 0.25) is 0 Å². The van der Waals surface area contributed by atoms with Crippen LogP contribution < -0.4 is 0 Å². The summed E-state index contributed by atoms with van der Waals surface area (Å²) in [6, 6.07) is 0. The van der Waals surface area contributed by atoms with Crippen molar-refractivity contribution in [1.82, 2.24) is 0 Å². The van der Waals surface area contributed by atoms with Gasteiger partial charge in [-0.2, -0.15) is 0 Å². The van der Waals surface area contributed by atoms with Crippen LogP contribution in [-0.4, -0.2) is 13.3 Å². The molecule has 0 radical (unpaired) electrons. The predicted molar refractivity (Wildman–Crippen MR) is 37.5 cm³/mol. The van der Waals surface area contributed by atoms with Gasteiger partial charge in [-0.3, -0.25) is 0 Å². The molecular weight excluding hydrogens is 132 g/mol. The number of hydrogen-bond donors (Lipinski definition) is 0. The maximum Gasteiger partial charge on any atom is 0.513 e. The number of allylic oxidation sites excluding steroid dienone is 2. The Balaban J connectivity index is 3.92. The average Bonchev–Trinajstić information content (AvgIpc) is 1.87. The lowest BCUT2D eigenvalue weighted by molar-refractivity contribution is 0.0967. The zero-order valence-electron chi connectivity index (χ0n) is 6.72. The van der Waals surface area contributed by atoms with E-state index in [0.29, 0.717) is 5.76 Å². The number of carbonyl (C=O) groups is 1. The minimum absolute atomic E-state index is 0.590. The second-order valence-electron chi connectivity index (χ2n) is 2.11. The number of rotatable bonds is 1. The zero-order valence-corrected chi connectivity index (χ0v) is 6.72. The van der Waals surface area contributed by atoms with E-state index in [4.69, 9.17) is 0 Å². The van der Waals surface area contributed by atoms with Gasteiger partial charge in [0.1, 0.15) is 5.76 Å². The molecule has 0 aliphatic carbocycles. The van der Waals surface area contributed by atoms with E-state index < -0.39 is 6.16 Å². The minimum Gasteiger partial charge on any atom is -0.437 e. The Morgan fingerprint density at radius 3 is 2.00 bits per heavy atom. The summed E-state index contributed by atoms with van der Waals surface area (Å²) in [5.74, 6) is 0.590. The van der Waals surface area contributed by atoms with Gasteiger partial charge in [-0.05, 0) is 26.3 Å². The van der Waals surface area contributed by atoms with Crippen molar-refractivity contribution in [3.8, 4) is 0 Å². The Hall–Kier alpha value is -0.990. The number of carbonyl (C=O) groups excluding carboxylic acids is 1. The molecule has 0 rings (SSSR count). The van der Waals surface area contributed by atoms with E-state index in [1.807, 2.05) is 13.8 Å². The molecule has 0 saturated heterocycles. The SMILES string of the molecule is COC(=O)OC(C)=C(C)C. The molecule has 0 unspecified atom stereocenters.